The van der Waals surface area contributed by atoms with Crippen LogP contribution in [0.3, 0.4) is 0 Å². The highest BCUT2D eigenvalue weighted by Crippen LogP contribution is 2.42. The predicted molar refractivity (Wildman–Crippen MR) is 110 cm³/mol. The molecule has 1 saturated carbocycles. The summed E-state index contributed by atoms with van der Waals surface area (Å²) in [5.41, 5.74) is 2.42. The minimum absolute atomic E-state index is 0.000875. The topological polar surface area (TPSA) is 87.5 Å². The minimum Gasteiger partial charge on any atom is -0.444 e. The summed E-state index contributed by atoms with van der Waals surface area (Å²) in [6.07, 6.45) is 5.67. The monoisotopic (exact) mass is 413 g/mol. The fraction of sp³-hybridized carbons (Fsp3) is 0.524. The van der Waals surface area contributed by atoms with Crippen molar-refractivity contribution in [2.45, 2.75) is 51.7 Å². The molecule has 1 aliphatic heterocycles. The third kappa shape index (κ3) is 3.83. The SMILES string of the molecule is CN(Cc1cn2cc(C3CC3)cc(N3CC(=O)N(C)C3=O)c2n1)C(=O)OC(C)(C)C. The third-order valence-electron chi connectivity index (χ3n) is 5.23. The molecule has 0 bridgehead atoms. The van der Waals surface area contributed by atoms with Crippen LogP contribution < -0.4 is 4.90 Å². The average molecular weight is 413 g/mol. The van der Waals surface area contributed by atoms with E-state index in [0.29, 0.717) is 22.9 Å². The van der Waals surface area contributed by atoms with E-state index in [9.17, 15) is 14.4 Å². The van der Waals surface area contributed by atoms with Crippen molar-refractivity contribution in [2.75, 3.05) is 25.5 Å². The van der Waals surface area contributed by atoms with Crippen molar-refractivity contribution in [3.63, 3.8) is 0 Å². The first-order chi connectivity index (χ1) is 14.0. The quantitative estimate of drug-likeness (QED) is 0.719. The van der Waals surface area contributed by atoms with E-state index in [2.05, 4.69) is 4.98 Å². The zero-order valence-corrected chi connectivity index (χ0v) is 18.0. The number of rotatable bonds is 4. The number of imidazole rings is 1. The Morgan fingerprint density at radius 1 is 1.27 bits per heavy atom. The summed E-state index contributed by atoms with van der Waals surface area (Å²) < 4.78 is 7.29. The van der Waals surface area contributed by atoms with E-state index in [1.54, 1.807) is 7.05 Å². The van der Waals surface area contributed by atoms with E-state index in [4.69, 9.17) is 4.74 Å². The van der Waals surface area contributed by atoms with Crippen LogP contribution >= 0.6 is 0 Å². The maximum absolute atomic E-state index is 12.6. The van der Waals surface area contributed by atoms with Gasteiger partial charge in [0.2, 0.25) is 5.91 Å². The van der Waals surface area contributed by atoms with Crippen LogP contribution in [0.4, 0.5) is 15.3 Å². The van der Waals surface area contributed by atoms with Crippen LogP contribution in [0.1, 0.15) is 50.8 Å². The minimum atomic E-state index is -0.578. The maximum Gasteiger partial charge on any atom is 0.410 e. The third-order valence-corrected chi connectivity index (χ3v) is 5.23. The van der Waals surface area contributed by atoms with Crippen LogP contribution in [-0.2, 0) is 16.1 Å². The molecule has 4 amide bonds. The molecule has 0 unspecified atom stereocenters. The van der Waals surface area contributed by atoms with Gasteiger partial charge >= 0.3 is 12.1 Å². The second-order valence-electron chi connectivity index (χ2n) is 9.05. The lowest BCUT2D eigenvalue weighted by atomic mass is 10.1. The van der Waals surface area contributed by atoms with Crippen molar-refractivity contribution >= 4 is 29.4 Å². The number of hydrogen-bond acceptors (Lipinski definition) is 5. The van der Waals surface area contributed by atoms with E-state index >= 15 is 0 Å². The lowest BCUT2D eigenvalue weighted by Gasteiger charge is -2.24. The molecule has 2 aliphatic rings. The molecule has 30 heavy (non-hydrogen) atoms. The molecule has 2 aromatic rings. The molecule has 9 heteroatoms. The highest BCUT2D eigenvalue weighted by Gasteiger charge is 2.36. The number of carbonyl (C=O) groups excluding carboxylic acids is 3. The van der Waals surface area contributed by atoms with Crippen LogP contribution in [0.5, 0.6) is 0 Å². The first-order valence-electron chi connectivity index (χ1n) is 10.1. The van der Waals surface area contributed by atoms with Crippen LogP contribution in [0.2, 0.25) is 0 Å². The number of carbonyl (C=O) groups is 3. The summed E-state index contributed by atoms with van der Waals surface area (Å²) >= 11 is 0. The fourth-order valence-electron chi connectivity index (χ4n) is 3.50. The second-order valence-corrected chi connectivity index (χ2v) is 9.05. The largest absolute Gasteiger partial charge is 0.444 e. The molecule has 160 valence electrons. The highest BCUT2D eigenvalue weighted by atomic mass is 16.6. The van der Waals surface area contributed by atoms with Gasteiger partial charge in [-0.1, -0.05) is 0 Å². The summed E-state index contributed by atoms with van der Waals surface area (Å²) in [5, 5.41) is 0. The van der Waals surface area contributed by atoms with Gasteiger partial charge in [-0.15, -0.1) is 0 Å². The number of pyridine rings is 1. The lowest BCUT2D eigenvalue weighted by Crippen LogP contribution is -2.33. The molecule has 1 saturated heterocycles. The van der Waals surface area contributed by atoms with E-state index < -0.39 is 11.7 Å². The molecule has 0 atom stereocenters. The van der Waals surface area contributed by atoms with Gasteiger partial charge in [0.05, 0.1) is 17.9 Å². The predicted octanol–water partition coefficient (Wildman–Crippen LogP) is 2.98. The van der Waals surface area contributed by atoms with Gasteiger partial charge in [0.1, 0.15) is 12.1 Å². The number of fused-ring (bicyclic) bond motifs is 1. The molecule has 2 aromatic heterocycles. The van der Waals surface area contributed by atoms with Crippen molar-refractivity contribution in [3.8, 4) is 0 Å². The van der Waals surface area contributed by atoms with Crippen molar-refractivity contribution in [1.29, 1.82) is 0 Å². The molecule has 9 nitrogen and oxygen atoms in total. The van der Waals surface area contributed by atoms with Gasteiger partial charge in [0, 0.05) is 26.5 Å². The van der Waals surface area contributed by atoms with Gasteiger partial charge < -0.3 is 14.0 Å². The van der Waals surface area contributed by atoms with E-state index in [1.807, 2.05) is 43.6 Å². The Morgan fingerprint density at radius 3 is 2.53 bits per heavy atom. The smallest absolute Gasteiger partial charge is 0.410 e. The number of imide groups is 1. The number of nitrogens with zero attached hydrogens (tertiary/aromatic N) is 5. The number of urea groups is 1. The van der Waals surface area contributed by atoms with Crippen LogP contribution in [0, 0.1) is 0 Å². The van der Waals surface area contributed by atoms with Gasteiger partial charge in [-0.3, -0.25) is 14.6 Å². The maximum atomic E-state index is 12.6. The van der Waals surface area contributed by atoms with Crippen molar-refractivity contribution in [1.82, 2.24) is 19.2 Å². The Bertz CT molecular complexity index is 1030. The van der Waals surface area contributed by atoms with Gasteiger partial charge in [0.25, 0.3) is 0 Å². The number of ether oxygens (including phenoxy) is 1. The van der Waals surface area contributed by atoms with E-state index in [-0.39, 0.29) is 25.0 Å². The molecule has 1 aliphatic carbocycles. The van der Waals surface area contributed by atoms with Crippen LogP contribution in [0.15, 0.2) is 18.5 Å². The molecule has 0 spiro atoms. The Balaban J connectivity index is 1.67. The lowest BCUT2D eigenvalue weighted by molar-refractivity contribution is -0.123. The Morgan fingerprint density at radius 2 is 1.97 bits per heavy atom. The Labute approximate surface area is 175 Å². The molecule has 0 radical (unpaired) electrons. The van der Waals surface area contributed by atoms with Crippen molar-refractivity contribution in [3.05, 3.63) is 29.7 Å². The zero-order chi connectivity index (χ0) is 21.8. The molecule has 0 aromatic carbocycles. The van der Waals surface area contributed by atoms with E-state index in [1.165, 1.54) is 16.8 Å². The van der Waals surface area contributed by atoms with Crippen LogP contribution in [-0.4, -0.2) is 63.5 Å². The summed E-state index contributed by atoms with van der Waals surface area (Å²) in [7, 11) is 3.14. The number of anilines is 1. The van der Waals surface area contributed by atoms with Gasteiger partial charge in [-0.2, -0.15) is 0 Å². The summed E-state index contributed by atoms with van der Waals surface area (Å²) in [5.74, 6) is 0.223. The van der Waals surface area contributed by atoms with Crippen molar-refractivity contribution in [2.24, 2.45) is 0 Å². The first kappa shape index (κ1) is 20.2. The summed E-state index contributed by atoms with van der Waals surface area (Å²) in [6.45, 7) is 5.73. The fourth-order valence-corrected chi connectivity index (χ4v) is 3.50. The highest BCUT2D eigenvalue weighted by molar-refractivity contribution is 6.13. The summed E-state index contributed by atoms with van der Waals surface area (Å²) in [4.78, 5) is 45.7. The Hall–Kier alpha value is -3.10. The van der Waals surface area contributed by atoms with E-state index in [0.717, 1.165) is 23.3 Å². The molecule has 2 fully saturated rings. The zero-order valence-electron chi connectivity index (χ0n) is 18.0. The summed E-state index contributed by atoms with van der Waals surface area (Å²) in [6, 6.07) is 1.61. The number of amides is 4. The number of hydrogen-bond donors (Lipinski definition) is 0. The normalized spacial score (nSPS) is 17.2. The molecular weight excluding hydrogens is 386 g/mol. The van der Waals surface area contributed by atoms with Gasteiger partial charge in [0.15, 0.2) is 5.65 Å². The molecular formula is C21H27N5O4. The van der Waals surface area contributed by atoms with Gasteiger partial charge in [-0.25, -0.2) is 14.6 Å². The molecule has 4 rings (SSSR count). The molecule has 3 heterocycles. The standard InChI is InChI=1S/C21H27N5O4/c1-21(2,3)30-20(29)23(4)10-15-11-25-9-14(13-6-7-13)8-16(18(25)22-15)26-12-17(27)24(5)19(26)28/h8-9,11,13H,6-7,10,12H2,1-5H3. The average Bonchev–Trinajstić information content (AvgIpc) is 3.37. The van der Waals surface area contributed by atoms with Crippen molar-refractivity contribution < 1.29 is 19.1 Å². The van der Waals surface area contributed by atoms with Crippen LogP contribution in [0.25, 0.3) is 5.65 Å². The first-order valence-corrected chi connectivity index (χ1v) is 10.1. The Kier molecular flexibility index (Phi) is 4.71. The second kappa shape index (κ2) is 7.00. The number of likely N-dealkylation sites (N-methyl/N-ethyl adjacent to an activating group) is 1. The molecule has 0 N–H and O–H groups in total. The van der Waals surface area contributed by atoms with Gasteiger partial charge in [-0.05, 0) is 51.2 Å². The number of aromatic nitrogens is 2.